The van der Waals surface area contributed by atoms with Crippen molar-refractivity contribution in [2.75, 3.05) is 74.6 Å². The van der Waals surface area contributed by atoms with E-state index in [0.29, 0.717) is 60.0 Å². The lowest BCUT2D eigenvalue weighted by Crippen LogP contribution is -2.66. The molecule has 2 unspecified atom stereocenters. The van der Waals surface area contributed by atoms with Crippen LogP contribution in [0.1, 0.15) is 72.7 Å². The first kappa shape index (κ1) is 43.1. The Hall–Kier alpha value is -6.14. The van der Waals surface area contributed by atoms with Crippen LogP contribution >= 0.6 is 11.6 Å². The van der Waals surface area contributed by atoms with E-state index in [4.69, 9.17) is 21.3 Å². The van der Waals surface area contributed by atoms with Crippen LogP contribution in [0.2, 0.25) is 5.02 Å². The number of nitrogens with one attached hydrogen (secondary N) is 3. The first-order valence-electron chi connectivity index (χ1n) is 21.8. The Bertz CT molecular complexity index is 2630. The zero-order valence-electron chi connectivity index (χ0n) is 35.9. The smallest absolute Gasteiger partial charge is 0.293 e. The van der Waals surface area contributed by atoms with Gasteiger partial charge in [-0.15, -0.1) is 0 Å². The third-order valence-corrected chi connectivity index (χ3v) is 13.7. The van der Waals surface area contributed by atoms with Crippen LogP contribution in [0, 0.1) is 11.3 Å². The number of hydrogen-bond donors (Lipinski definition) is 3. The normalized spacial score (nSPS) is 21.4. The topological polar surface area (TPSA) is 191 Å². The molecule has 7 heterocycles. The van der Waals surface area contributed by atoms with Crippen LogP contribution in [-0.2, 0) is 14.4 Å². The maximum absolute atomic E-state index is 16.1. The average molecular weight is 897 g/mol. The number of amides is 5. The summed E-state index contributed by atoms with van der Waals surface area (Å²) < 4.78 is 23.3. The van der Waals surface area contributed by atoms with Gasteiger partial charge in [0.05, 0.1) is 22.8 Å². The van der Waals surface area contributed by atoms with Crippen LogP contribution in [0.3, 0.4) is 0 Å². The molecule has 0 bridgehead atoms. The van der Waals surface area contributed by atoms with Crippen molar-refractivity contribution in [3.8, 4) is 5.75 Å². The van der Waals surface area contributed by atoms with Gasteiger partial charge in [-0.3, -0.25) is 39.0 Å². The van der Waals surface area contributed by atoms with Crippen LogP contribution in [0.15, 0.2) is 53.5 Å². The summed E-state index contributed by atoms with van der Waals surface area (Å²) in [5, 5.41) is 9.10. The highest BCUT2D eigenvalue weighted by molar-refractivity contribution is 6.33. The second-order valence-electron chi connectivity index (χ2n) is 17.8. The number of aromatic nitrogens is 3. The minimum absolute atomic E-state index is 0.0527. The molecule has 64 heavy (non-hydrogen) atoms. The summed E-state index contributed by atoms with van der Waals surface area (Å²) in [4.78, 5) is 92.4. The number of carbonyl (C=O) groups excluding carboxylic acids is 5. The maximum Gasteiger partial charge on any atom is 0.293 e. The fourth-order valence-electron chi connectivity index (χ4n) is 9.77. The number of fused-ring (bicyclic) bond motifs is 2. The molecule has 4 fully saturated rings. The van der Waals surface area contributed by atoms with E-state index in [1.54, 1.807) is 35.0 Å². The van der Waals surface area contributed by atoms with Gasteiger partial charge < -0.3 is 34.6 Å². The van der Waals surface area contributed by atoms with Crippen molar-refractivity contribution in [2.45, 2.75) is 64.2 Å². The van der Waals surface area contributed by atoms with E-state index in [2.05, 4.69) is 30.7 Å². The van der Waals surface area contributed by atoms with Gasteiger partial charge >= 0.3 is 0 Å². The number of anilines is 4. The molecule has 2 aromatic heterocycles. The van der Waals surface area contributed by atoms with Gasteiger partial charge in [0.2, 0.25) is 17.8 Å². The Balaban J connectivity index is 0.777. The van der Waals surface area contributed by atoms with Crippen molar-refractivity contribution >= 4 is 75.2 Å². The number of pyridine rings is 1. The summed E-state index contributed by atoms with van der Waals surface area (Å²) in [6, 6.07) is 11.1. The van der Waals surface area contributed by atoms with E-state index in [9.17, 15) is 28.8 Å². The Kier molecular flexibility index (Phi) is 11.5. The predicted molar refractivity (Wildman–Crippen MR) is 237 cm³/mol. The number of hydrogen-bond acceptors (Lipinski definition) is 13. The second kappa shape index (κ2) is 17.1. The summed E-state index contributed by atoms with van der Waals surface area (Å²) in [7, 11) is 1.50. The van der Waals surface area contributed by atoms with Crippen molar-refractivity contribution in [1.82, 2.24) is 35.0 Å². The number of nitrogens with zero attached hydrogens (tertiary/aromatic N) is 7. The summed E-state index contributed by atoms with van der Waals surface area (Å²) in [5.41, 5.74) is 1.77. The van der Waals surface area contributed by atoms with Gasteiger partial charge in [-0.25, -0.2) is 9.37 Å². The minimum Gasteiger partial charge on any atom is -0.478 e. The van der Waals surface area contributed by atoms with Crippen molar-refractivity contribution in [3.05, 3.63) is 75.2 Å². The fraction of sp³-hybridized carbons (Fsp3) is 0.467. The van der Waals surface area contributed by atoms with E-state index in [-0.39, 0.29) is 53.8 Å². The number of likely N-dealkylation sites (N-methyl/N-ethyl adjacent to an activating group) is 1. The molecule has 0 saturated carbocycles. The zero-order chi connectivity index (χ0) is 45.0. The second-order valence-corrected chi connectivity index (χ2v) is 18.2. The van der Waals surface area contributed by atoms with Crippen LogP contribution < -0.4 is 36.0 Å². The lowest BCUT2D eigenvalue weighted by atomic mass is 9.70. The average Bonchev–Trinajstić information content (AvgIpc) is 3.50. The molecule has 3 N–H and O–H groups in total. The van der Waals surface area contributed by atoms with Crippen LogP contribution in [0.4, 0.5) is 27.5 Å². The molecular weight excluding hydrogens is 847 g/mol. The SMILES string of the molecule is CNC(=O)COc1cc2cc(Nc3nc(N4CCC(CN5CCC6(CN(c7ccc8c(c7)C(=O)N(C7CCC(=O)NC7=O)C8=O)C6)C(F)C5)CC4)ncc3Cl)ccc2n(C(C)C)c1=O. The first-order valence-corrected chi connectivity index (χ1v) is 22.1. The highest BCUT2D eigenvalue weighted by atomic mass is 35.5. The highest BCUT2D eigenvalue weighted by Crippen LogP contribution is 2.45. The standard InChI is InChI=1S/C45H50ClFN10O7/c1-25(2)56-33-7-4-28(16-27(33)17-35(43(56)63)64-22-38(59)48-3)50-39-32(46)19-49-44(52-39)54-13-10-26(11-14-54)20-53-15-12-45(36(47)21-53)23-55(24-45)29-5-6-30-31(18-29)42(62)57(41(30)61)34-8-9-37(58)51-40(34)60/h4-7,16-19,25-26,34,36H,8-15,20-24H2,1-3H3,(H,48,59)(H,49,50,52)(H,51,58,60). The van der Waals surface area contributed by atoms with Gasteiger partial charge in [0.15, 0.2) is 18.2 Å². The molecule has 9 rings (SSSR count). The van der Waals surface area contributed by atoms with Crippen molar-refractivity contribution < 1.29 is 33.1 Å². The Labute approximate surface area is 373 Å². The Morgan fingerprint density at radius 1 is 0.984 bits per heavy atom. The molecule has 17 nitrogen and oxygen atoms in total. The van der Waals surface area contributed by atoms with E-state index >= 15 is 4.39 Å². The van der Waals surface area contributed by atoms with E-state index in [0.717, 1.165) is 55.0 Å². The van der Waals surface area contributed by atoms with Gasteiger partial charge in [-0.1, -0.05) is 11.6 Å². The summed E-state index contributed by atoms with van der Waals surface area (Å²) >= 11 is 6.59. The van der Waals surface area contributed by atoms with E-state index in [1.165, 1.54) is 7.05 Å². The van der Waals surface area contributed by atoms with Crippen molar-refractivity contribution in [3.63, 3.8) is 0 Å². The molecule has 5 aliphatic rings. The summed E-state index contributed by atoms with van der Waals surface area (Å²) in [6.07, 6.45) is 3.21. The molecule has 336 valence electrons. The molecule has 5 amide bonds. The number of imide groups is 2. The van der Waals surface area contributed by atoms with Crippen molar-refractivity contribution in [2.24, 2.45) is 11.3 Å². The predicted octanol–water partition coefficient (Wildman–Crippen LogP) is 4.06. The summed E-state index contributed by atoms with van der Waals surface area (Å²) in [5.74, 6) is -1.08. The fourth-order valence-corrected chi connectivity index (χ4v) is 9.91. The van der Waals surface area contributed by atoms with Gasteiger partial charge in [0, 0.05) is 81.0 Å². The largest absolute Gasteiger partial charge is 0.478 e. The lowest BCUT2D eigenvalue weighted by Gasteiger charge is -2.56. The van der Waals surface area contributed by atoms with Crippen molar-refractivity contribution in [1.29, 1.82) is 0 Å². The molecular formula is C45H50ClFN10O7. The maximum atomic E-state index is 16.1. The van der Waals surface area contributed by atoms with Gasteiger partial charge in [-0.05, 0) is 94.5 Å². The third kappa shape index (κ3) is 8.01. The Morgan fingerprint density at radius 2 is 1.75 bits per heavy atom. The number of rotatable bonds is 11. The number of carbonyl (C=O) groups is 5. The molecule has 0 radical (unpaired) electrons. The highest BCUT2D eigenvalue weighted by Gasteiger charge is 2.53. The van der Waals surface area contributed by atoms with Gasteiger partial charge in [0.25, 0.3) is 23.3 Å². The number of ether oxygens (including phenoxy) is 1. The van der Waals surface area contributed by atoms with Gasteiger partial charge in [0.1, 0.15) is 17.2 Å². The number of piperidine rings is 3. The quantitative estimate of drug-likeness (QED) is 0.183. The van der Waals surface area contributed by atoms with Crippen LogP contribution in [0.5, 0.6) is 5.75 Å². The third-order valence-electron chi connectivity index (χ3n) is 13.4. The summed E-state index contributed by atoms with van der Waals surface area (Å²) in [6.45, 7) is 7.97. The minimum atomic E-state index is -1.03. The van der Waals surface area contributed by atoms with E-state index < -0.39 is 41.3 Å². The van der Waals surface area contributed by atoms with Crippen LogP contribution in [0.25, 0.3) is 10.9 Å². The molecule has 4 aromatic rings. The molecule has 19 heteroatoms. The zero-order valence-corrected chi connectivity index (χ0v) is 36.6. The number of halogens is 2. The Morgan fingerprint density at radius 3 is 2.47 bits per heavy atom. The molecule has 2 aromatic carbocycles. The molecule has 1 spiro atoms. The first-order chi connectivity index (χ1) is 30.7. The number of benzene rings is 2. The van der Waals surface area contributed by atoms with Crippen LogP contribution in [-0.4, -0.2) is 126 Å². The van der Waals surface area contributed by atoms with E-state index in [1.807, 2.05) is 36.9 Å². The molecule has 0 aliphatic carbocycles. The molecule has 4 saturated heterocycles. The monoisotopic (exact) mass is 896 g/mol. The molecule has 5 aliphatic heterocycles. The number of alkyl halides is 1. The molecule has 2 atom stereocenters. The lowest BCUT2D eigenvalue weighted by molar-refractivity contribution is -0.136. The van der Waals surface area contributed by atoms with Gasteiger partial charge in [-0.2, -0.15) is 4.98 Å². The number of likely N-dealkylation sites (tertiary alicyclic amines) is 1.